The third-order valence-electron chi connectivity index (χ3n) is 6.11. The van der Waals surface area contributed by atoms with E-state index >= 15 is 0 Å². The van der Waals surface area contributed by atoms with Crippen LogP contribution in [0.2, 0.25) is 5.02 Å². The number of sulfone groups is 1. The summed E-state index contributed by atoms with van der Waals surface area (Å²) in [6, 6.07) is 10.3. The molecule has 0 spiro atoms. The number of aromatic nitrogens is 1. The molecule has 1 aliphatic heterocycles. The number of esters is 1. The summed E-state index contributed by atoms with van der Waals surface area (Å²) in [5.41, 5.74) is 2.63. The molecule has 0 bridgehead atoms. The molecule has 2 aromatic carbocycles. The predicted octanol–water partition coefficient (Wildman–Crippen LogP) is 2.71. The highest BCUT2D eigenvalue weighted by atomic mass is 35.5. The zero-order valence-electron chi connectivity index (χ0n) is 19.9. The van der Waals surface area contributed by atoms with E-state index in [9.17, 15) is 23.1 Å². The third kappa shape index (κ3) is 5.57. The summed E-state index contributed by atoms with van der Waals surface area (Å²) in [5, 5.41) is 14.0. The van der Waals surface area contributed by atoms with Gasteiger partial charge in [0.05, 0.1) is 41.3 Å². The number of amides is 1. The van der Waals surface area contributed by atoms with E-state index in [0.717, 1.165) is 16.5 Å². The van der Waals surface area contributed by atoms with Gasteiger partial charge in [-0.2, -0.15) is 0 Å². The van der Waals surface area contributed by atoms with Gasteiger partial charge in [0.1, 0.15) is 11.8 Å². The number of carbonyl (C=O) groups excluding carboxylic acids is 2. The van der Waals surface area contributed by atoms with Gasteiger partial charge in [-0.3, -0.25) is 9.59 Å². The lowest BCUT2D eigenvalue weighted by Crippen LogP contribution is -2.32. The molecular formula is C25H27ClN2O7S. The van der Waals surface area contributed by atoms with Crippen LogP contribution in [0.5, 0.6) is 0 Å². The van der Waals surface area contributed by atoms with Gasteiger partial charge >= 0.3 is 5.97 Å². The van der Waals surface area contributed by atoms with Crippen LogP contribution in [0.3, 0.4) is 0 Å². The number of nitrogens with one attached hydrogen (secondary N) is 1. The van der Waals surface area contributed by atoms with Crippen molar-refractivity contribution in [1.29, 1.82) is 0 Å². The van der Waals surface area contributed by atoms with E-state index in [0.29, 0.717) is 29.3 Å². The summed E-state index contributed by atoms with van der Waals surface area (Å²) in [6.07, 6.45) is 0.117. The minimum atomic E-state index is -3.93. The number of aryl methyl sites for hydroxylation is 2. The summed E-state index contributed by atoms with van der Waals surface area (Å²) in [4.78, 5) is 25.0. The fourth-order valence-electron chi connectivity index (χ4n) is 4.17. The van der Waals surface area contributed by atoms with E-state index < -0.39 is 46.2 Å². The summed E-state index contributed by atoms with van der Waals surface area (Å²) in [7, 11) is -2.17. The molecule has 2 heterocycles. The molecule has 3 aromatic rings. The van der Waals surface area contributed by atoms with Gasteiger partial charge in [-0.05, 0) is 48.4 Å². The second kappa shape index (κ2) is 10.6. The van der Waals surface area contributed by atoms with Crippen LogP contribution < -0.4 is 5.32 Å². The molecule has 192 valence electrons. The van der Waals surface area contributed by atoms with Crippen molar-refractivity contribution in [1.82, 2.24) is 9.88 Å². The maximum Gasteiger partial charge on any atom is 0.321 e. The Balaban J connectivity index is 1.46. The highest BCUT2D eigenvalue weighted by Crippen LogP contribution is 2.28. The minimum Gasteiger partial charge on any atom is -0.459 e. The highest BCUT2D eigenvalue weighted by Gasteiger charge is 2.26. The van der Waals surface area contributed by atoms with E-state index in [1.54, 1.807) is 17.7 Å². The van der Waals surface area contributed by atoms with Crippen molar-refractivity contribution in [2.45, 2.75) is 30.4 Å². The summed E-state index contributed by atoms with van der Waals surface area (Å²) in [5.74, 6) is -2.04. The fourth-order valence-corrected chi connectivity index (χ4v) is 5.59. The molecule has 1 aromatic heterocycles. The number of halogens is 1. The Morgan fingerprint density at radius 1 is 1.25 bits per heavy atom. The molecule has 1 unspecified atom stereocenters. The normalized spacial score (nSPS) is 16.7. The van der Waals surface area contributed by atoms with Gasteiger partial charge in [0.25, 0.3) is 5.91 Å². The number of benzene rings is 2. The second-order valence-corrected chi connectivity index (χ2v) is 11.2. The Hall–Kier alpha value is -2.92. The smallest absolute Gasteiger partial charge is 0.321 e. The van der Waals surface area contributed by atoms with Crippen LogP contribution in [-0.4, -0.2) is 61.6 Å². The Morgan fingerprint density at radius 2 is 1.97 bits per heavy atom. The first kappa shape index (κ1) is 26.2. The molecule has 1 amide bonds. The molecular weight excluding hydrogens is 508 g/mol. The zero-order valence-corrected chi connectivity index (χ0v) is 21.4. The third-order valence-corrected chi connectivity index (χ3v) is 8.03. The fraction of sp³-hybridized carbons (Fsp3) is 0.360. The molecule has 1 aliphatic rings. The lowest BCUT2D eigenvalue weighted by atomic mass is 10.1. The SMILES string of the molecule is Cc1cc(Cl)c2cc(C(=O)NC(CO)c3ccc(S(=O)(=O)CC(=O)O[C@H]4CCOC4)cc3)n(C)c2c1. The molecule has 2 atom stereocenters. The summed E-state index contributed by atoms with van der Waals surface area (Å²) >= 11 is 6.34. The van der Waals surface area contributed by atoms with Crippen LogP contribution in [0.4, 0.5) is 0 Å². The molecule has 4 rings (SSSR count). The quantitative estimate of drug-likeness (QED) is 0.426. The second-order valence-electron chi connectivity index (χ2n) is 8.78. The molecule has 0 aliphatic carbocycles. The van der Waals surface area contributed by atoms with E-state index in [1.165, 1.54) is 24.3 Å². The molecule has 2 N–H and O–H groups in total. The summed E-state index contributed by atoms with van der Waals surface area (Å²) in [6.45, 7) is 2.25. The van der Waals surface area contributed by atoms with Crippen molar-refractivity contribution < 1.29 is 32.6 Å². The molecule has 11 heteroatoms. The Kier molecular flexibility index (Phi) is 7.70. The van der Waals surface area contributed by atoms with Crippen LogP contribution in [0.1, 0.15) is 34.1 Å². The van der Waals surface area contributed by atoms with Gasteiger partial charge < -0.3 is 24.5 Å². The van der Waals surface area contributed by atoms with Crippen molar-refractivity contribution in [2.24, 2.45) is 7.05 Å². The number of hydrogen-bond acceptors (Lipinski definition) is 7. The Labute approximate surface area is 213 Å². The van der Waals surface area contributed by atoms with Crippen molar-refractivity contribution in [2.75, 3.05) is 25.6 Å². The van der Waals surface area contributed by atoms with Crippen molar-refractivity contribution in [3.8, 4) is 0 Å². The van der Waals surface area contributed by atoms with Crippen molar-refractivity contribution in [3.63, 3.8) is 0 Å². The van der Waals surface area contributed by atoms with Crippen LogP contribution in [0.25, 0.3) is 10.9 Å². The molecule has 0 radical (unpaired) electrons. The first-order valence-electron chi connectivity index (χ1n) is 11.4. The number of hydrogen-bond donors (Lipinski definition) is 2. The highest BCUT2D eigenvalue weighted by molar-refractivity contribution is 7.92. The summed E-state index contributed by atoms with van der Waals surface area (Å²) < 4.78 is 37.3. The molecule has 36 heavy (non-hydrogen) atoms. The first-order valence-corrected chi connectivity index (χ1v) is 13.4. The number of aliphatic hydroxyl groups is 1. The molecule has 9 nitrogen and oxygen atoms in total. The Morgan fingerprint density at radius 3 is 2.61 bits per heavy atom. The van der Waals surface area contributed by atoms with Crippen LogP contribution in [0, 0.1) is 6.92 Å². The van der Waals surface area contributed by atoms with Crippen molar-refractivity contribution in [3.05, 3.63) is 64.3 Å². The van der Waals surface area contributed by atoms with Crippen molar-refractivity contribution >= 4 is 44.2 Å². The lowest BCUT2D eigenvalue weighted by Gasteiger charge is -2.17. The molecule has 0 saturated carbocycles. The predicted molar refractivity (Wildman–Crippen MR) is 134 cm³/mol. The molecule has 1 fully saturated rings. The van der Waals surface area contributed by atoms with E-state index in [1.807, 2.05) is 19.1 Å². The van der Waals surface area contributed by atoms with Gasteiger partial charge in [0.2, 0.25) is 0 Å². The van der Waals surface area contributed by atoms with Gasteiger partial charge in [-0.15, -0.1) is 0 Å². The van der Waals surface area contributed by atoms with Crippen LogP contribution >= 0.6 is 11.6 Å². The number of carbonyl (C=O) groups is 2. The van der Waals surface area contributed by atoms with E-state index in [2.05, 4.69) is 5.32 Å². The number of rotatable bonds is 8. The Bertz CT molecular complexity index is 1390. The zero-order chi connectivity index (χ0) is 26.0. The van der Waals surface area contributed by atoms with E-state index in [-0.39, 0.29) is 11.5 Å². The minimum absolute atomic E-state index is 0.0624. The number of nitrogens with zero attached hydrogens (tertiary/aromatic N) is 1. The topological polar surface area (TPSA) is 124 Å². The number of fused-ring (bicyclic) bond motifs is 1. The van der Waals surface area contributed by atoms with Gasteiger partial charge in [0, 0.05) is 18.9 Å². The molecule has 1 saturated heterocycles. The van der Waals surface area contributed by atoms with E-state index in [4.69, 9.17) is 21.1 Å². The largest absolute Gasteiger partial charge is 0.459 e. The maximum atomic E-state index is 13.0. The first-order chi connectivity index (χ1) is 17.1. The standard InChI is InChI=1S/C25H27ClN2O7S/c1-15-9-20(26)19-11-23(28(2)22(19)10-15)25(31)27-21(12-29)16-3-5-18(6-4-16)36(32,33)14-24(30)35-17-7-8-34-13-17/h3-6,9-11,17,21,29H,7-8,12-14H2,1-2H3,(H,27,31)/t17-,21?/m0/s1. The van der Waals surface area contributed by atoms with Gasteiger partial charge in [-0.1, -0.05) is 23.7 Å². The van der Waals surface area contributed by atoms with Gasteiger partial charge in [-0.25, -0.2) is 8.42 Å². The maximum absolute atomic E-state index is 13.0. The average Bonchev–Trinajstić information content (AvgIpc) is 3.45. The lowest BCUT2D eigenvalue weighted by molar-refractivity contribution is -0.145. The average molecular weight is 535 g/mol. The van der Waals surface area contributed by atoms with Gasteiger partial charge in [0.15, 0.2) is 15.6 Å². The number of ether oxygens (including phenoxy) is 2. The monoisotopic (exact) mass is 534 g/mol. The van der Waals surface area contributed by atoms with Crippen LogP contribution in [0.15, 0.2) is 47.4 Å². The van der Waals surface area contributed by atoms with Crippen LogP contribution in [-0.2, 0) is 31.2 Å². The number of aliphatic hydroxyl groups excluding tert-OH is 1.